The van der Waals surface area contributed by atoms with Crippen molar-refractivity contribution in [2.24, 2.45) is 0 Å². The lowest BCUT2D eigenvalue weighted by Gasteiger charge is -2.25. The van der Waals surface area contributed by atoms with Crippen LogP contribution in [0.4, 0.5) is 8.78 Å². The number of carbonyl (C=O) groups is 1. The molecule has 0 heterocycles. The van der Waals surface area contributed by atoms with Gasteiger partial charge in [-0.2, -0.15) is 8.78 Å². The van der Waals surface area contributed by atoms with Gasteiger partial charge >= 0.3 is 6.61 Å². The summed E-state index contributed by atoms with van der Waals surface area (Å²) in [5.74, 6) is -0.119. The topological polar surface area (TPSA) is 63.7 Å². The predicted octanol–water partition coefficient (Wildman–Crippen LogP) is 3.45. The Morgan fingerprint density at radius 2 is 1.63 bits per heavy atom. The van der Waals surface area contributed by atoms with E-state index in [9.17, 15) is 22.0 Å². The molecule has 0 bridgehead atoms. The summed E-state index contributed by atoms with van der Waals surface area (Å²) >= 11 is 0. The van der Waals surface area contributed by atoms with E-state index in [2.05, 4.69) is 4.74 Å². The molecule has 1 amide bonds. The Kier molecular flexibility index (Phi) is 6.54. The monoisotopic (exact) mass is 397 g/mol. The van der Waals surface area contributed by atoms with E-state index in [0.717, 1.165) is 11.8 Å². The van der Waals surface area contributed by atoms with Crippen LogP contribution in [0.15, 0.2) is 53.4 Å². The SMILES string of the molecule is CC(c1ccc(S(C)(=O)=O)cc1)N(C)C(=O)Cc1ccc(OC(F)F)cc1. The van der Waals surface area contributed by atoms with Crippen molar-refractivity contribution >= 4 is 15.7 Å². The first-order valence-electron chi connectivity index (χ1n) is 8.17. The first-order chi connectivity index (χ1) is 12.6. The maximum atomic E-state index is 12.5. The summed E-state index contributed by atoms with van der Waals surface area (Å²) in [7, 11) is -1.61. The molecule has 146 valence electrons. The number of ether oxygens (including phenoxy) is 1. The third-order valence-electron chi connectivity index (χ3n) is 4.27. The van der Waals surface area contributed by atoms with Crippen LogP contribution in [-0.4, -0.2) is 39.1 Å². The zero-order chi connectivity index (χ0) is 20.2. The molecule has 0 aliphatic heterocycles. The van der Waals surface area contributed by atoms with Gasteiger partial charge in [-0.3, -0.25) is 4.79 Å². The zero-order valence-corrected chi connectivity index (χ0v) is 16.0. The summed E-state index contributed by atoms with van der Waals surface area (Å²) in [6.07, 6.45) is 1.25. The average molecular weight is 397 g/mol. The normalized spacial score (nSPS) is 12.7. The van der Waals surface area contributed by atoms with E-state index < -0.39 is 16.4 Å². The molecule has 1 atom stereocenters. The van der Waals surface area contributed by atoms with Gasteiger partial charge in [-0.15, -0.1) is 0 Å². The van der Waals surface area contributed by atoms with E-state index in [1.807, 2.05) is 6.92 Å². The zero-order valence-electron chi connectivity index (χ0n) is 15.2. The summed E-state index contributed by atoms with van der Waals surface area (Å²) in [6, 6.07) is 12.0. The van der Waals surface area contributed by atoms with Gasteiger partial charge in [0.15, 0.2) is 9.84 Å². The lowest BCUT2D eigenvalue weighted by molar-refractivity contribution is -0.131. The third-order valence-corrected chi connectivity index (χ3v) is 5.40. The Bertz CT molecular complexity index is 881. The number of sulfone groups is 1. The Labute approximate surface area is 157 Å². The summed E-state index contributed by atoms with van der Waals surface area (Å²) in [4.78, 5) is 14.3. The summed E-state index contributed by atoms with van der Waals surface area (Å²) in [5.41, 5.74) is 1.48. The quantitative estimate of drug-likeness (QED) is 0.718. The van der Waals surface area contributed by atoms with E-state index in [0.29, 0.717) is 5.56 Å². The fraction of sp³-hybridized carbons (Fsp3) is 0.316. The van der Waals surface area contributed by atoms with Gasteiger partial charge in [-0.1, -0.05) is 24.3 Å². The van der Waals surface area contributed by atoms with E-state index in [-0.39, 0.29) is 29.0 Å². The highest BCUT2D eigenvalue weighted by Crippen LogP contribution is 2.22. The van der Waals surface area contributed by atoms with E-state index in [1.165, 1.54) is 24.3 Å². The molecule has 0 radical (unpaired) electrons. The molecule has 0 spiro atoms. The smallest absolute Gasteiger partial charge is 0.387 e. The highest BCUT2D eigenvalue weighted by atomic mass is 32.2. The lowest BCUT2D eigenvalue weighted by Crippen LogP contribution is -2.31. The molecule has 1 unspecified atom stereocenters. The molecule has 0 N–H and O–H groups in total. The molecule has 0 saturated heterocycles. The lowest BCUT2D eigenvalue weighted by atomic mass is 10.1. The highest BCUT2D eigenvalue weighted by molar-refractivity contribution is 7.90. The van der Waals surface area contributed by atoms with Gasteiger partial charge in [-0.25, -0.2) is 8.42 Å². The molecule has 0 saturated carbocycles. The first-order valence-corrected chi connectivity index (χ1v) is 10.1. The van der Waals surface area contributed by atoms with Gasteiger partial charge in [0.05, 0.1) is 17.4 Å². The Balaban J connectivity index is 2.03. The minimum atomic E-state index is -3.27. The molecule has 5 nitrogen and oxygen atoms in total. The van der Waals surface area contributed by atoms with Crippen molar-refractivity contribution in [2.45, 2.75) is 30.9 Å². The molecular formula is C19H21F2NO4S. The van der Waals surface area contributed by atoms with Gasteiger partial charge in [0.25, 0.3) is 0 Å². The minimum Gasteiger partial charge on any atom is -0.435 e. The number of hydrogen-bond acceptors (Lipinski definition) is 4. The number of carbonyl (C=O) groups excluding carboxylic acids is 1. The number of likely N-dealkylation sites (N-methyl/N-ethyl adjacent to an activating group) is 1. The average Bonchev–Trinajstić information content (AvgIpc) is 2.61. The van der Waals surface area contributed by atoms with Crippen LogP contribution in [0.2, 0.25) is 0 Å². The fourth-order valence-electron chi connectivity index (χ4n) is 2.52. The second kappa shape index (κ2) is 8.47. The van der Waals surface area contributed by atoms with Gasteiger partial charge in [0, 0.05) is 13.3 Å². The van der Waals surface area contributed by atoms with Crippen LogP contribution in [0.25, 0.3) is 0 Å². The maximum Gasteiger partial charge on any atom is 0.387 e. The number of alkyl halides is 2. The van der Waals surface area contributed by atoms with Crippen LogP contribution in [0, 0.1) is 0 Å². The highest BCUT2D eigenvalue weighted by Gasteiger charge is 2.18. The van der Waals surface area contributed by atoms with Gasteiger partial charge in [0.1, 0.15) is 5.75 Å². The van der Waals surface area contributed by atoms with E-state index >= 15 is 0 Å². The summed E-state index contributed by atoms with van der Waals surface area (Å²) in [5, 5.41) is 0. The molecular weight excluding hydrogens is 376 g/mol. The van der Waals surface area contributed by atoms with Crippen LogP contribution in [0.5, 0.6) is 5.75 Å². The Hall–Kier alpha value is -2.48. The van der Waals surface area contributed by atoms with Crippen molar-refractivity contribution in [3.05, 3.63) is 59.7 Å². The Morgan fingerprint density at radius 1 is 1.07 bits per heavy atom. The third kappa shape index (κ3) is 5.75. The molecule has 27 heavy (non-hydrogen) atoms. The molecule has 2 aromatic carbocycles. The molecule has 8 heteroatoms. The number of amides is 1. The van der Waals surface area contributed by atoms with Crippen molar-refractivity contribution in [1.29, 1.82) is 0 Å². The second-order valence-corrected chi connectivity index (χ2v) is 8.24. The molecule has 0 fully saturated rings. The van der Waals surface area contributed by atoms with Crippen LogP contribution in [0.1, 0.15) is 24.1 Å². The van der Waals surface area contributed by atoms with Crippen LogP contribution >= 0.6 is 0 Å². The van der Waals surface area contributed by atoms with Crippen molar-refractivity contribution in [3.8, 4) is 5.75 Å². The molecule has 0 aliphatic rings. The van der Waals surface area contributed by atoms with Crippen molar-refractivity contribution in [1.82, 2.24) is 4.90 Å². The molecule has 0 aromatic heterocycles. The molecule has 2 rings (SSSR count). The van der Waals surface area contributed by atoms with Crippen LogP contribution < -0.4 is 4.74 Å². The van der Waals surface area contributed by atoms with Crippen LogP contribution in [-0.2, 0) is 21.1 Å². The number of halogens is 2. The number of hydrogen-bond donors (Lipinski definition) is 0. The van der Waals surface area contributed by atoms with Crippen molar-refractivity contribution in [3.63, 3.8) is 0 Å². The standard InChI is InChI=1S/C19H21F2NO4S/c1-13(15-6-10-17(11-7-15)27(3,24)25)22(2)18(23)12-14-4-8-16(9-5-14)26-19(20)21/h4-11,13,19H,12H2,1-3H3. The second-order valence-electron chi connectivity index (χ2n) is 6.22. The summed E-state index contributed by atoms with van der Waals surface area (Å²) in [6.45, 7) is -1.05. The summed E-state index contributed by atoms with van der Waals surface area (Å²) < 4.78 is 51.7. The molecule has 0 aliphatic carbocycles. The number of benzene rings is 2. The minimum absolute atomic E-state index is 0.0360. The van der Waals surface area contributed by atoms with E-state index in [1.54, 1.807) is 36.2 Å². The predicted molar refractivity (Wildman–Crippen MR) is 97.5 cm³/mol. The van der Waals surface area contributed by atoms with Gasteiger partial charge in [-0.05, 0) is 42.3 Å². The van der Waals surface area contributed by atoms with Crippen molar-refractivity contribution < 1.29 is 26.7 Å². The Morgan fingerprint density at radius 3 is 2.11 bits per heavy atom. The molecule has 2 aromatic rings. The number of nitrogens with zero attached hydrogens (tertiary/aromatic N) is 1. The fourth-order valence-corrected chi connectivity index (χ4v) is 3.15. The van der Waals surface area contributed by atoms with E-state index in [4.69, 9.17) is 0 Å². The first kappa shape index (κ1) is 20.8. The van der Waals surface area contributed by atoms with Gasteiger partial charge in [0.2, 0.25) is 5.91 Å². The number of rotatable bonds is 7. The maximum absolute atomic E-state index is 12.5. The van der Waals surface area contributed by atoms with Crippen LogP contribution in [0.3, 0.4) is 0 Å². The van der Waals surface area contributed by atoms with Gasteiger partial charge < -0.3 is 9.64 Å². The largest absolute Gasteiger partial charge is 0.435 e. The van der Waals surface area contributed by atoms with Crippen molar-refractivity contribution in [2.75, 3.05) is 13.3 Å².